The first-order valence-corrected chi connectivity index (χ1v) is 8.67. The number of carbonyl (C=O) groups is 4. The molecule has 136 valence electrons. The van der Waals surface area contributed by atoms with Gasteiger partial charge < -0.3 is 15.7 Å². The Balaban J connectivity index is 2.22. The monoisotopic (exact) mass is 374 g/mol. The maximum Gasteiger partial charge on any atom is 0.262 e. The van der Waals surface area contributed by atoms with Crippen molar-refractivity contribution in [3.8, 4) is 0 Å². The molecule has 0 radical (unpaired) electrons. The molecular weight excluding hydrogens is 356 g/mol. The summed E-state index contributed by atoms with van der Waals surface area (Å²) in [5.41, 5.74) is 0.238. The summed E-state index contributed by atoms with van der Waals surface area (Å²) >= 11 is 1.16. The lowest BCUT2D eigenvalue weighted by Gasteiger charge is -2.22. The summed E-state index contributed by atoms with van der Waals surface area (Å²) in [5.74, 6) is -2.41. The van der Waals surface area contributed by atoms with Gasteiger partial charge in [0, 0.05) is 5.56 Å². The molecule has 2 aromatic rings. The van der Waals surface area contributed by atoms with Crippen molar-refractivity contribution in [2.45, 2.75) is 19.1 Å². The SMILES string of the molecule is CC(=O)CNC(=O)C(O)C(NC(=O)c1cccs1)C(=O)c1ccccc1. The fourth-order valence-electron chi connectivity index (χ4n) is 2.16. The molecule has 1 aromatic carbocycles. The molecular formula is C18H18N2O5S. The van der Waals surface area contributed by atoms with E-state index >= 15 is 0 Å². The molecule has 1 heterocycles. The molecule has 0 saturated heterocycles. The highest BCUT2D eigenvalue weighted by atomic mass is 32.1. The van der Waals surface area contributed by atoms with Crippen LogP contribution < -0.4 is 10.6 Å². The Kier molecular flexibility index (Phi) is 6.76. The van der Waals surface area contributed by atoms with Crippen molar-refractivity contribution in [1.29, 1.82) is 0 Å². The summed E-state index contributed by atoms with van der Waals surface area (Å²) in [5, 5.41) is 16.7. The topological polar surface area (TPSA) is 113 Å². The predicted octanol–water partition coefficient (Wildman–Crippen LogP) is 0.795. The smallest absolute Gasteiger partial charge is 0.262 e. The highest BCUT2D eigenvalue weighted by Crippen LogP contribution is 2.12. The van der Waals surface area contributed by atoms with E-state index in [2.05, 4.69) is 10.6 Å². The Morgan fingerprint density at radius 3 is 2.35 bits per heavy atom. The van der Waals surface area contributed by atoms with Gasteiger partial charge in [0.1, 0.15) is 11.8 Å². The number of hydrogen-bond acceptors (Lipinski definition) is 6. The lowest BCUT2D eigenvalue weighted by molar-refractivity contribution is -0.131. The van der Waals surface area contributed by atoms with Crippen molar-refractivity contribution >= 4 is 34.7 Å². The molecule has 26 heavy (non-hydrogen) atoms. The summed E-state index contributed by atoms with van der Waals surface area (Å²) in [7, 11) is 0. The number of thiophene rings is 1. The number of carbonyl (C=O) groups excluding carboxylic acids is 4. The zero-order valence-corrected chi connectivity index (χ0v) is 14.8. The van der Waals surface area contributed by atoms with Crippen LogP contribution >= 0.6 is 11.3 Å². The van der Waals surface area contributed by atoms with Crippen molar-refractivity contribution in [2.75, 3.05) is 6.54 Å². The summed E-state index contributed by atoms with van der Waals surface area (Å²) in [6.45, 7) is 0.999. The number of amides is 2. The van der Waals surface area contributed by atoms with E-state index in [1.54, 1.807) is 35.7 Å². The van der Waals surface area contributed by atoms with E-state index in [1.165, 1.54) is 19.1 Å². The van der Waals surface area contributed by atoms with Gasteiger partial charge >= 0.3 is 0 Å². The molecule has 0 aliphatic heterocycles. The number of benzene rings is 1. The molecule has 0 saturated carbocycles. The fraction of sp³-hybridized carbons (Fsp3) is 0.222. The first-order valence-electron chi connectivity index (χ1n) is 7.79. The lowest BCUT2D eigenvalue weighted by atomic mass is 9.98. The van der Waals surface area contributed by atoms with Gasteiger partial charge in [-0.05, 0) is 18.4 Å². The summed E-state index contributed by atoms with van der Waals surface area (Å²) in [6, 6.07) is 9.77. The molecule has 0 fully saturated rings. The molecule has 2 atom stereocenters. The lowest BCUT2D eigenvalue weighted by Crippen LogP contribution is -2.54. The minimum Gasteiger partial charge on any atom is -0.381 e. The van der Waals surface area contributed by atoms with Crippen molar-refractivity contribution in [1.82, 2.24) is 10.6 Å². The zero-order valence-electron chi connectivity index (χ0n) is 14.0. The number of Topliss-reactive ketones (excluding diaryl/α,β-unsaturated/α-hetero) is 2. The Hall–Kier alpha value is -2.84. The van der Waals surface area contributed by atoms with Crippen LogP contribution in [0.25, 0.3) is 0 Å². The van der Waals surface area contributed by atoms with E-state index < -0.39 is 29.7 Å². The van der Waals surface area contributed by atoms with Gasteiger partial charge in [-0.1, -0.05) is 36.4 Å². The van der Waals surface area contributed by atoms with E-state index in [4.69, 9.17) is 0 Å². The van der Waals surface area contributed by atoms with E-state index in [9.17, 15) is 24.3 Å². The van der Waals surface area contributed by atoms with E-state index in [-0.39, 0.29) is 17.9 Å². The van der Waals surface area contributed by atoms with E-state index in [0.717, 1.165) is 11.3 Å². The third-order valence-electron chi connectivity index (χ3n) is 3.47. The van der Waals surface area contributed by atoms with E-state index in [1.807, 2.05) is 0 Å². The Labute approximate surface area is 154 Å². The highest BCUT2D eigenvalue weighted by molar-refractivity contribution is 7.12. The van der Waals surface area contributed by atoms with Crippen LogP contribution in [0.15, 0.2) is 47.8 Å². The normalized spacial score (nSPS) is 12.7. The number of hydrogen-bond donors (Lipinski definition) is 3. The molecule has 0 bridgehead atoms. The van der Waals surface area contributed by atoms with Crippen LogP contribution in [0, 0.1) is 0 Å². The number of nitrogens with one attached hydrogen (secondary N) is 2. The first-order chi connectivity index (χ1) is 12.4. The first kappa shape index (κ1) is 19.5. The molecule has 2 amide bonds. The Morgan fingerprint density at radius 2 is 1.77 bits per heavy atom. The molecule has 1 aromatic heterocycles. The Bertz CT molecular complexity index is 789. The molecule has 8 heteroatoms. The molecule has 0 spiro atoms. The number of rotatable bonds is 8. The van der Waals surface area contributed by atoms with Crippen molar-refractivity contribution in [3.63, 3.8) is 0 Å². The standard InChI is InChI=1S/C18H18N2O5S/c1-11(21)10-19-18(25)16(23)14(15(22)12-6-3-2-4-7-12)20-17(24)13-8-5-9-26-13/h2-9,14,16,23H,10H2,1H3,(H,19,25)(H,20,24). The molecule has 2 rings (SSSR count). The van der Waals surface area contributed by atoms with Gasteiger partial charge in [0.15, 0.2) is 11.9 Å². The van der Waals surface area contributed by atoms with Crippen LogP contribution in [0.4, 0.5) is 0 Å². The van der Waals surface area contributed by atoms with Crippen LogP contribution in [0.3, 0.4) is 0 Å². The predicted molar refractivity (Wildman–Crippen MR) is 96.0 cm³/mol. The number of ketones is 2. The minimum absolute atomic E-state index is 0.238. The number of aliphatic hydroxyl groups is 1. The molecule has 3 N–H and O–H groups in total. The Morgan fingerprint density at radius 1 is 1.08 bits per heavy atom. The summed E-state index contributed by atoms with van der Waals surface area (Å²) in [4.78, 5) is 48.4. The third-order valence-corrected chi connectivity index (χ3v) is 4.34. The molecule has 0 aliphatic carbocycles. The maximum absolute atomic E-state index is 12.7. The van der Waals surface area contributed by atoms with Gasteiger partial charge in [-0.25, -0.2) is 0 Å². The number of aliphatic hydroxyl groups excluding tert-OH is 1. The second-order valence-electron chi connectivity index (χ2n) is 5.52. The molecule has 2 unspecified atom stereocenters. The van der Waals surface area contributed by atoms with Gasteiger partial charge in [0.2, 0.25) is 0 Å². The maximum atomic E-state index is 12.7. The zero-order chi connectivity index (χ0) is 19.1. The van der Waals surface area contributed by atoms with Crippen molar-refractivity contribution in [2.24, 2.45) is 0 Å². The summed E-state index contributed by atoms with van der Waals surface area (Å²) in [6.07, 6.45) is -1.84. The largest absolute Gasteiger partial charge is 0.381 e. The van der Waals surface area contributed by atoms with Crippen LogP contribution in [0.1, 0.15) is 27.0 Å². The van der Waals surface area contributed by atoms with Crippen LogP contribution in [-0.2, 0) is 9.59 Å². The van der Waals surface area contributed by atoms with E-state index in [0.29, 0.717) is 4.88 Å². The second-order valence-corrected chi connectivity index (χ2v) is 6.47. The van der Waals surface area contributed by atoms with Crippen molar-refractivity contribution in [3.05, 3.63) is 58.3 Å². The second kappa shape index (κ2) is 9.02. The van der Waals surface area contributed by atoms with Crippen LogP contribution in [0.2, 0.25) is 0 Å². The van der Waals surface area contributed by atoms with Crippen molar-refractivity contribution < 1.29 is 24.3 Å². The molecule has 0 aliphatic rings. The summed E-state index contributed by atoms with van der Waals surface area (Å²) < 4.78 is 0. The van der Waals surface area contributed by atoms with Crippen LogP contribution in [-0.4, -0.2) is 47.2 Å². The highest BCUT2D eigenvalue weighted by Gasteiger charge is 2.34. The van der Waals surface area contributed by atoms with Gasteiger partial charge in [0.25, 0.3) is 11.8 Å². The minimum atomic E-state index is -1.84. The fourth-order valence-corrected chi connectivity index (χ4v) is 2.78. The average molecular weight is 374 g/mol. The molecule has 7 nitrogen and oxygen atoms in total. The average Bonchev–Trinajstić information content (AvgIpc) is 3.18. The van der Waals surface area contributed by atoms with Gasteiger partial charge in [-0.15, -0.1) is 11.3 Å². The van der Waals surface area contributed by atoms with Gasteiger partial charge in [-0.2, -0.15) is 0 Å². The van der Waals surface area contributed by atoms with Gasteiger partial charge in [-0.3, -0.25) is 19.2 Å². The third kappa shape index (κ3) is 5.08. The quantitative estimate of drug-likeness (QED) is 0.592. The van der Waals surface area contributed by atoms with Crippen LogP contribution in [0.5, 0.6) is 0 Å². The van der Waals surface area contributed by atoms with Gasteiger partial charge in [0.05, 0.1) is 11.4 Å².